The summed E-state index contributed by atoms with van der Waals surface area (Å²) in [7, 11) is 0. The molecule has 2 aromatic heterocycles. The van der Waals surface area contributed by atoms with E-state index in [1.54, 1.807) is 24.3 Å². The lowest BCUT2D eigenvalue weighted by Gasteiger charge is -2.03. The SMILES string of the molecule is Cc1c(C(=O)c2ccccc2)oc2cc(OCc3cc(-c4cccc(Cl)c4)no3)ccc12. The molecule has 0 saturated heterocycles. The van der Waals surface area contributed by atoms with Crippen molar-refractivity contribution in [2.45, 2.75) is 13.5 Å². The number of carbonyl (C=O) groups is 1. The molecule has 0 radical (unpaired) electrons. The van der Waals surface area contributed by atoms with E-state index in [4.69, 9.17) is 25.3 Å². The first-order valence-corrected chi connectivity index (χ1v) is 10.4. The van der Waals surface area contributed by atoms with Crippen LogP contribution >= 0.6 is 11.6 Å². The van der Waals surface area contributed by atoms with E-state index < -0.39 is 0 Å². The van der Waals surface area contributed by atoms with Crippen molar-refractivity contribution in [1.82, 2.24) is 5.16 Å². The molecule has 2 heterocycles. The number of ether oxygens (including phenoxy) is 1. The molecule has 32 heavy (non-hydrogen) atoms. The van der Waals surface area contributed by atoms with Crippen molar-refractivity contribution in [2.24, 2.45) is 0 Å². The molecule has 5 rings (SSSR count). The van der Waals surface area contributed by atoms with Crippen LogP contribution in [0.4, 0.5) is 0 Å². The summed E-state index contributed by atoms with van der Waals surface area (Å²) in [6.07, 6.45) is 0. The minimum absolute atomic E-state index is 0.142. The van der Waals surface area contributed by atoms with Gasteiger partial charge in [-0.2, -0.15) is 0 Å². The molecule has 0 atom stereocenters. The van der Waals surface area contributed by atoms with Gasteiger partial charge in [-0.15, -0.1) is 0 Å². The van der Waals surface area contributed by atoms with Crippen LogP contribution in [0.5, 0.6) is 5.75 Å². The number of nitrogens with zero attached hydrogens (tertiary/aromatic N) is 1. The van der Waals surface area contributed by atoms with E-state index >= 15 is 0 Å². The molecule has 0 unspecified atom stereocenters. The molecule has 0 spiro atoms. The number of fused-ring (bicyclic) bond motifs is 1. The first-order valence-electron chi connectivity index (χ1n) is 10.1. The van der Waals surface area contributed by atoms with Gasteiger partial charge in [-0.05, 0) is 31.2 Å². The molecule has 0 saturated carbocycles. The zero-order valence-electron chi connectivity index (χ0n) is 17.2. The molecule has 6 heteroatoms. The minimum Gasteiger partial charge on any atom is -0.485 e. The standard InChI is InChI=1S/C26H18ClNO4/c1-16-22-11-10-20(14-24(22)31-26(16)25(29)17-6-3-2-4-7-17)30-15-21-13-23(28-32-21)18-8-5-9-19(27)12-18/h2-14H,15H2,1H3. The molecule has 5 aromatic rings. The molecule has 158 valence electrons. The first kappa shape index (κ1) is 20.1. The Hall–Kier alpha value is -3.83. The van der Waals surface area contributed by atoms with Crippen LogP contribution < -0.4 is 4.74 Å². The second kappa shape index (κ2) is 8.36. The Balaban J connectivity index is 1.34. The highest BCUT2D eigenvalue weighted by atomic mass is 35.5. The number of halogens is 1. The maximum atomic E-state index is 12.8. The third kappa shape index (κ3) is 3.90. The van der Waals surface area contributed by atoms with Crippen molar-refractivity contribution in [3.05, 3.63) is 107 Å². The maximum absolute atomic E-state index is 12.8. The van der Waals surface area contributed by atoms with Gasteiger partial charge >= 0.3 is 0 Å². The Labute approximate surface area is 189 Å². The van der Waals surface area contributed by atoms with Gasteiger partial charge < -0.3 is 13.7 Å². The largest absolute Gasteiger partial charge is 0.485 e. The summed E-state index contributed by atoms with van der Waals surface area (Å²) < 4.78 is 17.2. The molecule has 5 nitrogen and oxygen atoms in total. The van der Waals surface area contributed by atoms with Gasteiger partial charge in [0.2, 0.25) is 5.78 Å². The van der Waals surface area contributed by atoms with E-state index in [1.807, 2.05) is 61.5 Å². The smallest absolute Gasteiger partial charge is 0.228 e. The number of rotatable bonds is 6. The van der Waals surface area contributed by atoms with Gasteiger partial charge in [-0.1, -0.05) is 59.2 Å². The molecule has 0 amide bonds. The predicted octanol–water partition coefficient (Wildman–Crippen LogP) is 6.86. The highest BCUT2D eigenvalue weighted by Crippen LogP contribution is 2.30. The molecular weight excluding hydrogens is 426 g/mol. The Morgan fingerprint density at radius 3 is 2.66 bits per heavy atom. The fraction of sp³-hybridized carbons (Fsp3) is 0.0769. The van der Waals surface area contributed by atoms with Crippen LogP contribution in [-0.4, -0.2) is 10.9 Å². The summed E-state index contributed by atoms with van der Waals surface area (Å²) in [5, 5.41) is 5.59. The van der Waals surface area contributed by atoms with E-state index in [2.05, 4.69) is 5.16 Å². The fourth-order valence-electron chi connectivity index (χ4n) is 3.55. The Kier molecular flexibility index (Phi) is 5.25. The van der Waals surface area contributed by atoms with E-state index in [0.717, 1.165) is 16.5 Å². The number of furan rings is 1. The van der Waals surface area contributed by atoms with Crippen molar-refractivity contribution in [3.8, 4) is 17.0 Å². The number of carbonyl (C=O) groups excluding carboxylic acids is 1. The molecule has 0 fully saturated rings. The van der Waals surface area contributed by atoms with Crippen LogP contribution in [0.2, 0.25) is 5.02 Å². The average molecular weight is 444 g/mol. The molecule has 0 aliphatic rings. The van der Waals surface area contributed by atoms with Crippen LogP contribution in [0.3, 0.4) is 0 Å². The second-order valence-electron chi connectivity index (χ2n) is 7.39. The third-order valence-corrected chi connectivity index (χ3v) is 5.45. The Morgan fingerprint density at radius 1 is 1.00 bits per heavy atom. The number of hydrogen-bond acceptors (Lipinski definition) is 5. The fourth-order valence-corrected chi connectivity index (χ4v) is 3.74. The van der Waals surface area contributed by atoms with E-state index in [0.29, 0.717) is 39.1 Å². The van der Waals surface area contributed by atoms with E-state index in [-0.39, 0.29) is 12.4 Å². The number of hydrogen-bond donors (Lipinski definition) is 0. The lowest BCUT2D eigenvalue weighted by atomic mass is 10.0. The zero-order valence-corrected chi connectivity index (χ0v) is 17.9. The summed E-state index contributed by atoms with van der Waals surface area (Å²) in [6, 6.07) is 23.8. The van der Waals surface area contributed by atoms with Crippen molar-refractivity contribution >= 4 is 28.4 Å². The van der Waals surface area contributed by atoms with E-state index in [1.165, 1.54) is 0 Å². The summed E-state index contributed by atoms with van der Waals surface area (Å²) in [5.74, 6) is 1.38. The van der Waals surface area contributed by atoms with Crippen LogP contribution in [-0.2, 0) is 6.61 Å². The van der Waals surface area contributed by atoms with Gasteiger partial charge in [0.25, 0.3) is 0 Å². The van der Waals surface area contributed by atoms with Gasteiger partial charge in [0.1, 0.15) is 23.6 Å². The summed E-state index contributed by atoms with van der Waals surface area (Å²) in [6.45, 7) is 2.09. The number of ketones is 1. The Bertz CT molecular complexity index is 1420. The van der Waals surface area contributed by atoms with Crippen LogP contribution in [0, 0.1) is 6.92 Å². The molecule has 0 bridgehead atoms. The second-order valence-corrected chi connectivity index (χ2v) is 7.82. The third-order valence-electron chi connectivity index (χ3n) is 5.21. The topological polar surface area (TPSA) is 65.5 Å². The lowest BCUT2D eigenvalue weighted by Crippen LogP contribution is -2.00. The van der Waals surface area contributed by atoms with Crippen LogP contribution in [0.15, 0.2) is 87.8 Å². The molecule has 0 aliphatic heterocycles. The summed E-state index contributed by atoms with van der Waals surface area (Å²) in [5.41, 5.74) is 3.55. The highest BCUT2D eigenvalue weighted by molar-refractivity contribution is 6.30. The zero-order chi connectivity index (χ0) is 22.1. The average Bonchev–Trinajstić information content (AvgIpc) is 3.42. The Morgan fingerprint density at radius 2 is 1.84 bits per heavy atom. The normalized spacial score (nSPS) is 11.1. The van der Waals surface area contributed by atoms with Crippen LogP contribution in [0.1, 0.15) is 27.4 Å². The monoisotopic (exact) mass is 443 g/mol. The molecule has 0 N–H and O–H groups in total. The highest BCUT2D eigenvalue weighted by Gasteiger charge is 2.19. The van der Waals surface area contributed by atoms with Gasteiger partial charge in [-0.3, -0.25) is 4.79 Å². The maximum Gasteiger partial charge on any atom is 0.228 e. The predicted molar refractivity (Wildman–Crippen MR) is 122 cm³/mol. The number of aromatic nitrogens is 1. The van der Waals surface area contributed by atoms with Crippen molar-refractivity contribution < 1.29 is 18.5 Å². The van der Waals surface area contributed by atoms with Crippen molar-refractivity contribution in [3.63, 3.8) is 0 Å². The quantitative estimate of drug-likeness (QED) is 0.268. The van der Waals surface area contributed by atoms with Gasteiger partial charge in [-0.25, -0.2) is 0 Å². The number of benzene rings is 3. The van der Waals surface area contributed by atoms with Crippen molar-refractivity contribution in [1.29, 1.82) is 0 Å². The molecular formula is C26H18ClNO4. The van der Waals surface area contributed by atoms with E-state index in [9.17, 15) is 4.79 Å². The minimum atomic E-state index is -0.142. The van der Waals surface area contributed by atoms with Gasteiger partial charge in [0, 0.05) is 39.2 Å². The van der Waals surface area contributed by atoms with Crippen LogP contribution in [0.25, 0.3) is 22.2 Å². The van der Waals surface area contributed by atoms with Gasteiger partial charge in [0.05, 0.1) is 0 Å². The molecule has 3 aromatic carbocycles. The van der Waals surface area contributed by atoms with Gasteiger partial charge in [0.15, 0.2) is 11.5 Å². The summed E-state index contributed by atoms with van der Waals surface area (Å²) >= 11 is 6.04. The molecule has 0 aliphatic carbocycles. The lowest BCUT2D eigenvalue weighted by molar-refractivity contribution is 0.101. The number of aryl methyl sites for hydroxylation is 1. The first-order chi connectivity index (χ1) is 15.6. The van der Waals surface area contributed by atoms with Crippen molar-refractivity contribution in [2.75, 3.05) is 0 Å². The summed E-state index contributed by atoms with van der Waals surface area (Å²) in [4.78, 5) is 12.8.